The number of morpholine rings is 1. The number of aromatic nitrogens is 2. The lowest BCUT2D eigenvalue weighted by Gasteiger charge is -2.48. The molecular weight excluding hydrogens is 323 g/mol. The van der Waals surface area contributed by atoms with Crippen LogP contribution in [0.1, 0.15) is 23.3 Å². The molecule has 2 saturated heterocycles. The van der Waals surface area contributed by atoms with Crippen LogP contribution in [0, 0.1) is 5.82 Å². The summed E-state index contributed by atoms with van der Waals surface area (Å²) < 4.78 is 20.2. The number of amides is 1. The number of pyridine rings is 1. The first-order valence-corrected chi connectivity index (χ1v) is 8.59. The van der Waals surface area contributed by atoms with Crippen LogP contribution in [0.2, 0.25) is 0 Å². The molecule has 2 aromatic rings. The van der Waals surface area contributed by atoms with Crippen LogP contribution in [0.25, 0.3) is 0 Å². The van der Waals surface area contributed by atoms with E-state index in [-0.39, 0.29) is 11.7 Å². The van der Waals surface area contributed by atoms with Gasteiger partial charge in [-0.25, -0.2) is 9.37 Å². The van der Waals surface area contributed by atoms with E-state index in [1.807, 2.05) is 15.9 Å². The summed E-state index contributed by atoms with van der Waals surface area (Å²) in [5.41, 5.74) is 0.114. The number of ether oxygens (including phenoxy) is 1. The van der Waals surface area contributed by atoms with Crippen LogP contribution < -0.4 is 4.90 Å². The van der Waals surface area contributed by atoms with Gasteiger partial charge in [0.2, 0.25) is 0 Å². The van der Waals surface area contributed by atoms with E-state index >= 15 is 0 Å². The average molecular weight is 344 g/mol. The first-order chi connectivity index (χ1) is 12.2. The smallest absolute Gasteiger partial charge is 0.270 e. The molecule has 1 atom stereocenters. The molecule has 1 unspecified atom stereocenters. The van der Waals surface area contributed by atoms with E-state index < -0.39 is 5.60 Å². The van der Waals surface area contributed by atoms with Gasteiger partial charge in [-0.3, -0.25) is 4.79 Å². The number of rotatable bonds is 2. The van der Waals surface area contributed by atoms with Crippen LogP contribution in [0.15, 0.2) is 36.7 Å². The molecule has 0 saturated carbocycles. The van der Waals surface area contributed by atoms with Crippen LogP contribution >= 0.6 is 0 Å². The molecule has 0 aliphatic carbocycles. The van der Waals surface area contributed by atoms with Gasteiger partial charge in [-0.05, 0) is 37.1 Å². The average Bonchev–Trinajstić information content (AvgIpc) is 3.16. The van der Waals surface area contributed by atoms with E-state index in [0.29, 0.717) is 37.8 Å². The van der Waals surface area contributed by atoms with Crippen LogP contribution in [0.3, 0.4) is 0 Å². The van der Waals surface area contributed by atoms with E-state index in [1.54, 1.807) is 24.5 Å². The van der Waals surface area contributed by atoms with Crippen molar-refractivity contribution in [3.63, 3.8) is 0 Å². The largest absolute Gasteiger partial charge is 0.369 e. The van der Waals surface area contributed by atoms with Crippen molar-refractivity contribution >= 4 is 11.7 Å². The minimum atomic E-state index is -0.470. The molecule has 1 N–H and O–H groups in total. The standard InChI is InChI=1S/C18H21FN4O2/c19-14-4-1-8-21-16(14)22-9-3-6-18(12-22)13-23(10-11-25-18)17(24)15-5-2-7-20-15/h1-2,4-5,7-8,20H,3,6,9-13H2. The minimum Gasteiger partial charge on any atom is -0.369 e. The molecule has 2 aliphatic heterocycles. The van der Waals surface area contributed by atoms with Crippen LogP contribution in [0.5, 0.6) is 0 Å². The number of anilines is 1. The zero-order valence-electron chi connectivity index (χ0n) is 13.9. The predicted molar refractivity (Wildman–Crippen MR) is 91.0 cm³/mol. The Kier molecular flexibility index (Phi) is 4.17. The fourth-order valence-corrected chi connectivity index (χ4v) is 3.79. The Morgan fingerprint density at radius 2 is 2.20 bits per heavy atom. The summed E-state index contributed by atoms with van der Waals surface area (Å²) in [6.45, 7) is 2.84. The maximum Gasteiger partial charge on any atom is 0.270 e. The van der Waals surface area contributed by atoms with E-state index in [1.165, 1.54) is 6.07 Å². The molecule has 1 amide bonds. The van der Waals surface area contributed by atoms with Crippen molar-refractivity contribution in [3.8, 4) is 0 Å². The quantitative estimate of drug-likeness (QED) is 0.906. The molecule has 6 nitrogen and oxygen atoms in total. The van der Waals surface area contributed by atoms with E-state index in [2.05, 4.69) is 9.97 Å². The second kappa shape index (κ2) is 6.48. The number of nitrogens with one attached hydrogen (secondary N) is 1. The SMILES string of the molecule is O=C(c1ccc[nH]1)N1CCOC2(CCCN(c3ncccc3F)C2)C1. The van der Waals surface area contributed by atoms with Crippen LogP contribution in [0.4, 0.5) is 10.2 Å². The number of aromatic amines is 1. The van der Waals surface area contributed by atoms with Crippen molar-refractivity contribution < 1.29 is 13.9 Å². The molecule has 132 valence electrons. The van der Waals surface area contributed by atoms with E-state index in [4.69, 9.17) is 4.74 Å². The van der Waals surface area contributed by atoms with Gasteiger partial charge in [0.1, 0.15) is 11.3 Å². The Morgan fingerprint density at radius 3 is 3.00 bits per heavy atom. The third-order valence-electron chi connectivity index (χ3n) is 4.94. The molecule has 2 aromatic heterocycles. The van der Waals surface area contributed by atoms with E-state index in [9.17, 15) is 9.18 Å². The lowest BCUT2D eigenvalue weighted by molar-refractivity contribution is -0.105. The highest BCUT2D eigenvalue weighted by atomic mass is 19.1. The number of halogens is 1. The number of H-pyrrole nitrogens is 1. The van der Waals surface area contributed by atoms with Gasteiger partial charge in [-0.2, -0.15) is 0 Å². The molecule has 0 bridgehead atoms. The molecule has 25 heavy (non-hydrogen) atoms. The number of hydrogen-bond acceptors (Lipinski definition) is 4. The summed E-state index contributed by atoms with van der Waals surface area (Å²) in [5, 5.41) is 0. The van der Waals surface area contributed by atoms with Crippen molar-refractivity contribution in [1.29, 1.82) is 0 Å². The van der Waals surface area contributed by atoms with Crippen molar-refractivity contribution in [2.24, 2.45) is 0 Å². The third kappa shape index (κ3) is 3.11. The Morgan fingerprint density at radius 1 is 1.28 bits per heavy atom. The molecule has 0 aromatic carbocycles. The molecule has 4 rings (SSSR count). The normalized spacial score (nSPS) is 23.9. The van der Waals surface area contributed by atoms with E-state index in [0.717, 1.165) is 19.4 Å². The molecular formula is C18H21FN4O2. The first-order valence-electron chi connectivity index (χ1n) is 8.59. The highest BCUT2D eigenvalue weighted by Crippen LogP contribution is 2.32. The maximum atomic E-state index is 14.1. The van der Waals surface area contributed by atoms with Gasteiger partial charge in [-0.15, -0.1) is 0 Å². The van der Waals surface area contributed by atoms with Gasteiger partial charge < -0.3 is 19.5 Å². The lowest BCUT2D eigenvalue weighted by Crippen LogP contribution is -2.61. The van der Waals surface area contributed by atoms with Crippen molar-refractivity contribution in [3.05, 3.63) is 48.2 Å². The number of nitrogens with zero attached hydrogens (tertiary/aromatic N) is 3. The summed E-state index contributed by atoms with van der Waals surface area (Å²) in [5.74, 6) is 0.0153. The summed E-state index contributed by atoms with van der Waals surface area (Å²) >= 11 is 0. The minimum absolute atomic E-state index is 0.0196. The van der Waals surface area contributed by atoms with Crippen LogP contribution in [-0.4, -0.2) is 59.2 Å². The van der Waals surface area contributed by atoms with Crippen molar-refractivity contribution in [2.75, 3.05) is 37.7 Å². The zero-order chi connectivity index (χ0) is 17.3. The van der Waals surface area contributed by atoms with Gasteiger partial charge in [0.25, 0.3) is 5.91 Å². The molecule has 0 radical (unpaired) electrons. The predicted octanol–water partition coefficient (Wildman–Crippen LogP) is 2.06. The molecule has 1 spiro atoms. The number of carbonyl (C=O) groups excluding carboxylic acids is 1. The van der Waals surface area contributed by atoms with Crippen molar-refractivity contribution in [1.82, 2.24) is 14.9 Å². The third-order valence-corrected chi connectivity index (χ3v) is 4.94. The Balaban J connectivity index is 1.52. The summed E-state index contributed by atoms with van der Waals surface area (Å²) in [6, 6.07) is 6.61. The zero-order valence-corrected chi connectivity index (χ0v) is 13.9. The fraction of sp³-hybridized carbons (Fsp3) is 0.444. The molecule has 2 fully saturated rings. The Bertz CT molecular complexity index is 747. The number of hydrogen-bond donors (Lipinski definition) is 1. The monoisotopic (exact) mass is 344 g/mol. The summed E-state index contributed by atoms with van der Waals surface area (Å²) in [7, 11) is 0. The second-order valence-corrected chi connectivity index (χ2v) is 6.68. The second-order valence-electron chi connectivity index (χ2n) is 6.68. The highest BCUT2D eigenvalue weighted by molar-refractivity contribution is 5.92. The topological polar surface area (TPSA) is 61.5 Å². The van der Waals surface area contributed by atoms with Gasteiger partial charge in [0, 0.05) is 25.5 Å². The Hall–Kier alpha value is -2.41. The number of piperidine rings is 1. The maximum absolute atomic E-state index is 14.1. The van der Waals surface area contributed by atoms with Gasteiger partial charge in [0.15, 0.2) is 11.6 Å². The number of carbonyl (C=O) groups is 1. The highest BCUT2D eigenvalue weighted by Gasteiger charge is 2.42. The van der Waals surface area contributed by atoms with Crippen LogP contribution in [-0.2, 0) is 4.74 Å². The van der Waals surface area contributed by atoms with Gasteiger partial charge >= 0.3 is 0 Å². The lowest BCUT2D eigenvalue weighted by atomic mass is 9.90. The summed E-state index contributed by atoms with van der Waals surface area (Å²) in [6.07, 6.45) is 5.07. The molecule has 2 aliphatic rings. The molecule has 7 heteroatoms. The van der Waals surface area contributed by atoms with Crippen molar-refractivity contribution in [2.45, 2.75) is 18.4 Å². The van der Waals surface area contributed by atoms with Gasteiger partial charge in [0.05, 0.1) is 19.7 Å². The van der Waals surface area contributed by atoms with Gasteiger partial charge in [-0.1, -0.05) is 0 Å². The molecule has 4 heterocycles. The fourth-order valence-electron chi connectivity index (χ4n) is 3.79. The Labute approximate surface area is 145 Å². The summed E-state index contributed by atoms with van der Waals surface area (Å²) in [4.78, 5) is 23.6. The first kappa shape index (κ1) is 16.1.